The minimum atomic E-state index is -0.782. The number of aryl methyl sites for hydroxylation is 1. The van der Waals surface area contributed by atoms with Crippen molar-refractivity contribution in [2.24, 2.45) is 0 Å². The highest BCUT2D eigenvalue weighted by molar-refractivity contribution is 9.10. The summed E-state index contributed by atoms with van der Waals surface area (Å²) in [6.45, 7) is 7.58. The third-order valence-corrected chi connectivity index (χ3v) is 5.15. The number of hydrogen-bond acceptors (Lipinski definition) is 3. The van der Waals surface area contributed by atoms with E-state index in [4.69, 9.17) is 9.47 Å². The number of carbonyl (C=O) groups is 1. The van der Waals surface area contributed by atoms with Gasteiger partial charge in [0, 0.05) is 17.3 Å². The van der Waals surface area contributed by atoms with Crippen LogP contribution in [0.1, 0.15) is 38.0 Å². The smallest absolute Gasteiger partial charge is 0.319 e. The quantitative estimate of drug-likeness (QED) is 0.572. The number of halogens is 1. The van der Waals surface area contributed by atoms with Crippen molar-refractivity contribution in [3.63, 3.8) is 0 Å². The first-order chi connectivity index (χ1) is 12.7. The lowest BCUT2D eigenvalue weighted by atomic mass is 10.0. The second kappa shape index (κ2) is 9.35. The number of nitrogens with one attached hydrogen (secondary N) is 2. The van der Waals surface area contributed by atoms with Crippen molar-refractivity contribution in [1.82, 2.24) is 5.32 Å². The summed E-state index contributed by atoms with van der Waals surface area (Å²) in [7, 11) is 1.60. The molecule has 2 rings (SSSR count). The van der Waals surface area contributed by atoms with E-state index in [1.54, 1.807) is 7.11 Å². The van der Waals surface area contributed by atoms with Crippen LogP contribution < -0.4 is 10.6 Å². The van der Waals surface area contributed by atoms with Gasteiger partial charge in [-0.25, -0.2) is 4.79 Å². The zero-order valence-corrected chi connectivity index (χ0v) is 18.0. The molecular formula is C21H27BrN2O3. The Morgan fingerprint density at radius 2 is 1.81 bits per heavy atom. The van der Waals surface area contributed by atoms with Gasteiger partial charge in [-0.15, -0.1) is 0 Å². The number of benzene rings is 2. The molecule has 0 aliphatic rings. The van der Waals surface area contributed by atoms with E-state index in [2.05, 4.69) is 26.6 Å². The normalized spacial score (nSPS) is 13.7. The van der Waals surface area contributed by atoms with Gasteiger partial charge in [-0.1, -0.05) is 46.3 Å². The summed E-state index contributed by atoms with van der Waals surface area (Å²) in [4.78, 5) is 12.5. The van der Waals surface area contributed by atoms with Crippen LogP contribution in [0.15, 0.2) is 53.0 Å². The van der Waals surface area contributed by atoms with Crippen molar-refractivity contribution in [1.29, 1.82) is 0 Å². The fraction of sp³-hybridized carbons (Fsp3) is 0.381. The van der Waals surface area contributed by atoms with Crippen LogP contribution in [-0.2, 0) is 9.47 Å². The lowest BCUT2D eigenvalue weighted by Gasteiger charge is -2.33. The molecule has 2 N–H and O–H groups in total. The molecule has 5 nitrogen and oxygen atoms in total. The average molecular weight is 435 g/mol. The van der Waals surface area contributed by atoms with Gasteiger partial charge in [-0.2, -0.15) is 0 Å². The Morgan fingerprint density at radius 3 is 2.41 bits per heavy atom. The molecule has 146 valence electrons. The van der Waals surface area contributed by atoms with Gasteiger partial charge >= 0.3 is 6.03 Å². The van der Waals surface area contributed by atoms with Gasteiger partial charge in [0.15, 0.2) is 5.79 Å². The maximum Gasteiger partial charge on any atom is 0.319 e. The number of urea groups is 1. The third-order valence-electron chi connectivity index (χ3n) is 4.26. The van der Waals surface area contributed by atoms with Crippen LogP contribution in [0.25, 0.3) is 0 Å². The van der Waals surface area contributed by atoms with Crippen molar-refractivity contribution in [2.45, 2.75) is 45.6 Å². The summed E-state index contributed by atoms with van der Waals surface area (Å²) in [6.07, 6.45) is -0.362. The summed E-state index contributed by atoms with van der Waals surface area (Å²) in [5, 5.41) is 5.83. The highest BCUT2D eigenvalue weighted by atomic mass is 79.9. The van der Waals surface area contributed by atoms with Crippen molar-refractivity contribution >= 4 is 27.6 Å². The molecule has 2 aromatic rings. The number of rotatable bonds is 7. The minimum Gasteiger partial charge on any atom is -0.354 e. The van der Waals surface area contributed by atoms with Crippen LogP contribution in [0.3, 0.4) is 0 Å². The average Bonchev–Trinajstić information content (AvgIpc) is 2.63. The molecule has 0 aliphatic carbocycles. The molecular weight excluding hydrogens is 408 g/mol. The molecule has 0 saturated heterocycles. The van der Waals surface area contributed by atoms with E-state index >= 15 is 0 Å². The van der Waals surface area contributed by atoms with Crippen molar-refractivity contribution in [3.05, 3.63) is 64.1 Å². The molecule has 0 aliphatic heterocycles. The van der Waals surface area contributed by atoms with E-state index in [0.29, 0.717) is 0 Å². The Bertz CT molecular complexity index is 765. The maximum absolute atomic E-state index is 12.5. The molecule has 6 heteroatoms. The van der Waals surface area contributed by atoms with Gasteiger partial charge in [0.25, 0.3) is 0 Å². The van der Waals surface area contributed by atoms with Gasteiger partial charge < -0.3 is 20.1 Å². The molecule has 0 bridgehead atoms. The van der Waals surface area contributed by atoms with Gasteiger partial charge in [-0.05, 0) is 57.0 Å². The monoisotopic (exact) mass is 434 g/mol. The van der Waals surface area contributed by atoms with Crippen LogP contribution in [-0.4, -0.2) is 25.0 Å². The predicted molar refractivity (Wildman–Crippen MR) is 112 cm³/mol. The Hall–Kier alpha value is -1.89. The van der Waals surface area contributed by atoms with Gasteiger partial charge in [0.1, 0.15) is 6.10 Å². The lowest BCUT2D eigenvalue weighted by Crippen LogP contribution is -2.43. The second-order valence-electron chi connectivity index (χ2n) is 6.90. The summed E-state index contributed by atoms with van der Waals surface area (Å²) in [5.74, 6) is -0.782. The topological polar surface area (TPSA) is 59.6 Å². The summed E-state index contributed by atoms with van der Waals surface area (Å²) >= 11 is 3.46. The van der Waals surface area contributed by atoms with E-state index < -0.39 is 5.79 Å². The van der Waals surface area contributed by atoms with Crippen molar-refractivity contribution in [3.8, 4) is 0 Å². The van der Waals surface area contributed by atoms with Crippen molar-refractivity contribution < 1.29 is 14.3 Å². The summed E-state index contributed by atoms with van der Waals surface area (Å²) in [5.41, 5.74) is 2.75. The van der Waals surface area contributed by atoms with Crippen LogP contribution in [0, 0.1) is 6.92 Å². The van der Waals surface area contributed by atoms with E-state index in [1.165, 1.54) is 0 Å². The summed E-state index contributed by atoms with van der Waals surface area (Å²) in [6, 6.07) is 14.9. The second-order valence-corrected chi connectivity index (χ2v) is 7.76. The number of methoxy groups -OCH3 is 1. The first-order valence-corrected chi connectivity index (χ1v) is 9.63. The maximum atomic E-state index is 12.5. The molecule has 2 amide bonds. The molecule has 27 heavy (non-hydrogen) atoms. The first-order valence-electron chi connectivity index (χ1n) is 8.83. The number of hydrogen-bond donors (Lipinski definition) is 2. The van der Waals surface area contributed by atoms with Crippen LogP contribution in [0.2, 0.25) is 0 Å². The van der Waals surface area contributed by atoms with E-state index in [1.807, 2.05) is 76.2 Å². The standard InChI is InChI=1S/C21H27BrN2O3/c1-14-13-17(11-12-18(14)22)24-20(25)23-15(2)19(27-21(3,4)26-5)16-9-7-6-8-10-16/h6-13,15,19H,1-5H3,(H2,23,24,25)/t15-,19+/m0/s1. The molecule has 0 aromatic heterocycles. The largest absolute Gasteiger partial charge is 0.354 e. The fourth-order valence-corrected chi connectivity index (χ4v) is 2.87. The van der Waals surface area contributed by atoms with E-state index in [9.17, 15) is 4.79 Å². The van der Waals surface area contributed by atoms with Crippen LogP contribution in [0.4, 0.5) is 10.5 Å². The molecule has 2 atom stereocenters. The molecule has 0 spiro atoms. The highest BCUT2D eigenvalue weighted by Gasteiger charge is 2.29. The fourth-order valence-electron chi connectivity index (χ4n) is 2.63. The number of amides is 2. The number of anilines is 1. The Morgan fingerprint density at radius 1 is 1.15 bits per heavy atom. The molecule has 0 saturated carbocycles. The molecule has 0 fully saturated rings. The zero-order chi connectivity index (χ0) is 20.0. The Labute approximate surface area is 169 Å². The lowest BCUT2D eigenvalue weighted by molar-refractivity contribution is -0.229. The third kappa shape index (κ3) is 6.34. The van der Waals surface area contributed by atoms with Gasteiger partial charge in [-0.3, -0.25) is 0 Å². The number of ether oxygens (including phenoxy) is 2. The predicted octanol–water partition coefficient (Wildman–Crippen LogP) is 5.41. The highest BCUT2D eigenvalue weighted by Crippen LogP contribution is 2.28. The first kappa shape index (κ1) is 21.4. The Kier molecular flexibility index (Phi) is 7.41. The van der Waals surface area contributed by atoms with Crippen LogP contribution >= 0.6 is 15.9 Å². The minimum absolute atomic E-state index is 0.279. The molecule has 0 radical (unpaired) electrons. The number of carbonyl (C=O) groups excluding carboxylic acids is 1. The van der Waals surface area contributed by atoms with E-state index in [0.717, 1.165) is 21.3 Å². The van der Waals surface area contributed by atoms with E-state index in [-0.39, 0.29) is 18.2 Å². The zero-order valence-electron chi connectivity index (χ0n) is 16.4. The SMILES string of the molecule is COC(C)(C)O[C@@H](c1ccccc1)[C@H](C)NC(=O)Nc1ccc(Br)c(C)c1. The van der Waals surface area contributed by atoms with Crippen LogP contribution in [0.5, 0.6) is 0 Å². The summed E-state index contributed by atoms with van der Waals surface area (Å²) < 4.78 is 12.6. The molecule has 2 aromatic carbocycles. The Balaban J connectivity index is 2.11. The van der Waals surface area contributed by atoms with Gasteiger partial charge in [0.05, 0.1) is 6.04 Å². The molecule has 0 unspecified atom stereocenters. The van der Waals surface area contributed by atoms with Gasteiger partial charge in [0.2, 0.25) is 0 Å². The van der Waals surface area contributed by atoms with Crippen molar-refractivity contribution in [2.75, 3.05) is 12.4 Å². The molecule has 0 heterocycles.